The van der Waals surface area contributed by atoms with Crippen LogP contribution in [0.25, 0.3) is 0 Å². The summed E-state index contributed by atoms with van der Waals surface area (Å²) in [6.07, 6.45) is 1.09. The van der Waals surface area contributed by atoms with Crippen molar-refractivity contribution in [3.8, 4) is 0 Å². The van der Waals surface area contributed by atoms with Crippen molar-refractivity contribution in [3.05, 3.63) is 0 Å². The molecular formula is C4H10OS2. The monoisotopic (exact) mass is 138 g/mol. The Hall–Kier alpha value is 0.660. The molecular weight excluding hydrogens is 128 g/mol. The van der Waals surface area contributed by atoms with E-state index < -0.39 is 0 Å². The minimum Gasteiger partial charge on any atom is -0.386 e. The van der Waals surface area contributed by atoms with Gasteiger partial charge in [-0.05, 0) is 17.9 Å². The van der Waals surface area contributed by atoms with Gasteiger partial charge in [0.15, 0.2) is 0 Å². The standard InChI is InChI=1S/C4H10OS2/c5-4-7-3-1-2-6/h5-6H,1-4H2. The van der Waals surface area contributed by atoms with Gasteiger partial charge in [-0.15, -0.1) is 11.8 Å². The van der Waals surface area contributed by atoms with Crippen LogP contribution in [0.1, 0.15) is 6.42 Å². The predicted molar refractivity (Wildman–Crippen MR) is 38.0 cm³/mol. The fourth-order valence-electron chi connectivity index (χ4n) is 0.231. The summed E-state index contributed by atoms with van der Waals surface area (Å²) in [5.74, 6) is 2.20. The smallest absolute Gasteiger partial charge is 0.0885 e. The molecule has 7 heavy (non-hydrogen) atoms. The third-order valence-corrected chi connectivity index (χ3v) is 1.61. The maximum atomic E-state index is 8.23. The number of aliphatic hydroxyl groups excluding tert-OH is 1. The van der Waals surface area contributed by atoms with Crippen molar-refractivity contribution in [3.63, 3.8) is 0 Å². The summed E-state index contributed by atoms with van der Waals surface area (Å²) >= 11 is 5.54. The number of hydrogen-bond acceptors (Lipinski definition) is 3. The van der Waals surface area contributed by atoms with E-state index in [0.29, 0.717) is 0 Å². The molecule has 44 valence electrons. The van der Waals surface area contributed by atoms with E-state index in [9.17, 15) is 0 Å². The zero-order chi connectivity index (χ0) is 5.54. The molecule has 0 aromatic carbocycles. The van der Waals surface area contributed by atoms with Gasteiger partial charge < -0.3 is 5.11 Å². The molecule has 1 nitrogen and oxygen atoms in total. The maximum absolute atomic E-state index is 8.23. The van der Waals surface area contributed by atoms with Crippen molar-refractivity contribution < 1.29 is 5.11 Å². The lowest BCUT2D eigenvalue weighted by molar-refractivity contribution is 0.375. The van der Waals surface area contributed by atoms with Crippen LogP contribution in [0.15, 0.2) is 0 Å². The number of rotatable bonds is 4. The molecule has 0 amide bonds. The Morgan fingerprint density at radius 1 is 1.57 bits per heavy atom. The third kappa shape index (κ3) is 6.66. The van der Waals surface area contributed by atoms with Gasteiger partial charge in [-0.25, -0.2) is 0 Å². The summed E-state index contributed by atoms with van der Waals surface area (Å²) in [5, 5.41) is 8.23. The van der Waals surface area contributed by atoms with Crippen LogP contribution < -0.4 is 0 Å². The van der Waals surface area contributed by atoms with Crippen molar-refractivity contribution in [2.24, 2.45) is 0 Å². The Kier molecular flexibility index (Phi) is 7.29. The first-order valence-electron chi connectivity index (χ1n) is 2.21. The van der Waals surface area contributed by atoms with E-state index in [2.05, 4.69) is 12.6 Å². The fourth-order valence-corrected chi connectivity index (χ4v) is 1.08. The molecule has 0 spiro atoms. The zero-order valence-electron chi connectivity index (χ0n) is 4.13. The first-order chi connectivity index (χ1) is 3.41. The van der Waals surface area contributed by atoms with E-state index in [1.54, 1.807) is 0 Å². The molecule has 0 saturated carbocycles. The summed E-state index contributed by atoms with van der Waals surface area (Å²) < 4.78 is 0. The van der Waals surface area contributed by atoms with Crippen molar-refractivity contribution in [2.45, 2.75) is 6.42 Å². The number of hydrogen-bond donors (Lipinski definition) is 2. The summed E-state index contributed by atoms with van der Waals surface area (Å²) in [6.45, 7) is 0. The maximum Gasteiger partial charge on any atom is 0.0885 e. The lowest BCUT2D eigenvalue weighted by Crippen LogP contribution is -1.81. The third-order valence-electron chi connectivity index (χ3n) is 0.538. The first kappa shape index (κ1) is 7.66. The highest BCUT2D eigenvalue weighted by molar-refractivity contribution is 7.99. The Morgan fingerprint density at radius 3 is 2.71 bits per heavy atom. The number of thiol groups is 1. The van der Waals surface area contributed by atoms with Gasteiger partial charge in [0.1, 0.15) is 0 Å². The lowest BCUT2D eigenvalue weighted by atomic mass is 10.6. The van der Waals surface area contributed by atoms with E-state index in [1.807, 2.05) is 0 Å². The number of aliphatic hydroxyl groups is 1. The quantitative estimate of drug-likeness (QED) is 0.343. The Labute approximate surface area is 53.9 Å². The minimum absolute atomic E-state index is 0.244. The minimum atomic E-state index is 0.244. The molecule has 0 radical (unpaired) electrons. The molecule has 0 aliphatic heterocycles. The summed E-state index contributed by atoms with van der Waals surface area (Å²) in [4.78, 5) is 0. The second-order valence-corrected chi connectivity index (χ2v) is 2.64. The molecule has 0 heterocycles. The van der Waals surface area contributed by atoms with Gasteiger partial charge in [0.05, 0.1) is 5.94 Å². The van der Waals surface area contributed by atoms with Gasteiger partial charge in [-0.1, -0.05) is 0 Å². The molecule has 0 aliphatic rings. The average Bonchev–Trinajstić information content (AvgIpc) is 1.69. The summed E-state index contributed by atoms with van der Waals surface area (Å²) in [6, 6.07) is 0. The largest absolute Gasteiger partial charge is 0.386 e. The van der Waals surface area contributed by atoms with Crippen LogP contribution in [0.4, 0.5) is 0 Å². The van der Waals surface area contributed by atoms with Crippen molar-refractivity contribution in [2.75, 3.05) is 17.4 Å². The molecule has 0 aromatic heterocycles. The van der Waals surface area contributed by atoms with Gasteiger partial charge in [0.25, 0.3) is 0 Å². The Bertz CT molecular complexity index is 28.9. The number of thioether (sulfide) groups is 1. The Balaban J connectivity index is 2.45. The first-order valence-corrected chi connectivity index (χ1v) is 4.00. The fraction of sp³-hybridized carbons (Fsp3) is 1.00. The summed E-state index contributed by atoms with van der Waals surface area (Å²) in [5.41, 5.74) is 0. The van der Waals surface area contributed by atoms with E-state index in [1.165, 1.54) is 11.8 Å². The van der Waals surface area contributed by atoms with E-state index in [0.717, 1.165) is 17.9 Å². The SMILES string of the molecule is OCSCCCS. The van der Waals surface area contributed by atoms with Gasteiger partial charge in [0, 0.05) is 0 Å². The van der Waals surface area contributed by atoms with Crippen LogP contribution in [-0.4, -0.2) is 22.6 Å². The van der Waals surface area contributed by atoms with E-state index >= 15 is 0 Å². The highest BCUT2D eigenvalue weighted by Gasteiger charge is 1.81. The van der Waals surface area contributed by atoms with E-state index in [-0.39, 0.29) is 5.94 Å². The molecule has 0 aromatic rings. The molecule has 0 aliphatic carbocycles. The topological polar surface area (TPSA) is 20.2 Å². The van der Waals surface area contributed by atoms with Crippen LogP contribution in [0.3, 0.4) is 0 Å². The van der Waals surface area contributed by atoms with Crippen LogP contribution >= 0.6 is 24.4 Å². The second-order valence-electron chi connectivity index (χ2n) is 1.11. The van der Waals surface area contributed by atoms with Gasteiger partial charge >= 0.3 is 0 Å². The second kappa shape index (κ2) is 6.66. The molecule has 3 heteroatoms. The molecule has 0 saturated heterocycles. The highest BCUT2D eigenvalue weighted by Crippen LogP contribution is 1.99. The molecule has 0 rings (SSSR count). The van der Waals surface area contributed by atoms with Crippen molar-refractivity contribution >= 4 is 24.4 Å². The molecule has 1 N–H and O–H groups in total. The van der Waals surface area contributed by atoms with Crippen LogP contribution in [0, 0.1) is 0 Å². The highest BCUT2D eigenvalue weighted by atomic mass is 32.2. The van der Waals surface area contributed by atoms with Crippen LogP contribution in [0.5, 0.6) is 0 Å². The van der Waals surface area contributed by atoms with Gasteiger partial charge in [-0.2, -0.15) is 12.6 Å². The van der Waals surface area contributed by atoms with Crippen molar-refractivity contribution in [1.82, 2.24) is 0 Å². The molecule has 0 unspecified atom stereocenters. The molecule has 0 atom stereocenters. The van der Waals surface area contributed by atoms with E-state index in [4.69, 9.17) is 5.11 Å². The zero-order valence-corrected chi connectivity index (χ0v) is 5.84. The average molecular weight is 138 g/mol. The lowest BCUT2D eigenvalue weighted by Gasteiger charge is -1.90. The van der Waals surface area contributed by atoms with Gasteiger partial charge in [-0.3, -0.25) is 0 Å². The predicted octanol–water partition coefficient (Wildman–Crippen LogP) is 0.989. The van der Waals surface area contributed by atoms with Crippen molar-refractivity contribution in [1.29, 1.82) is 0 Å². The molecule has 0 fully saturated rings. The Morgan fingerprint density at radius 2 is 2.29 bits per heavy atom. The normalized spacial score (nSPS) is 9.43. The van der Waals surface area contributed by atoms with Gasteiger partial charge in [0.2, 0.25) is 0 Å². The van der Waals surface area contributed by atoms with Crippen LogP contribution in [0.2, 0.25) is 0 Å². The molecule has 0 bridgehead atoms. The van der Waals surface area contributed by atoms with Crippen LogP contribution in [-0.2, 0) is 0 Å². The summed E-state index contributed by atoms with van der Waals surface area (Å²) in [7, 11) is 0.